The maximum absolute atomic E-state index is 8.69. The lowest BCUT2D eigenvalue weighted by molar-refractivity contribution is -0.0242. The summed E-state index contributed by atoms with van der Waals surface area (Å²) >= 11 is 0. The van der Waals surface area contributed by atoms with Crippen LogP contribution in [0.15, 0.2) is 0 Å². The Hall–Kier alpha value is -0.550. The van der Waals surface area contributed by atoms with Crippen LogP contribution in [-0.4, -0.2) is 12.7 Å². The summed E-state index contributed by atoms with van der Waals surface area (Å²) in [6, 6.07) is 2.31. The summed E-state index contributed by atoms with van der Waals surface area (Å²) in [6.45, 7) is 5.05. The van der Waals surface area contributed by atoms with Gasteiger partial charge in [0, 0.05) is 6.61 Å². The third kappa shape index (κ3) is 2.20. The first-order valence-electron chi connectivity index (χ1n) is 4.25. The molecule has 0 aromatic rings. The van der Waals surface area contributed by atoms with Gasteiger partial charge in [-0.15, -0.1) is 0 Å². The molecule has 11 heavy (non-hydrogen) atoms. The molecule has 2 nitrogen and oxygen atoms in total. The van der Waals surface area contributed by atoms with E-state index >= 15 is 0 Å². The molecule has 1 rings (SSSR count). The van der Waals surface area contributed by atoms with E-state index in [0.717, 1.165) is 19.4 Å². The summed E-state index contributed by atoms with van der Waals surface area (Å²) in [5.41, 5.74) is 0. The molecule has 2 atom stereocenters. The molecule has 62 valence electrons. The second-order valence-electron chi connectivity index (χ2n) is 3.50. The molecular formula is C9H15NO. The maximum atomic E-state index is 8.69. The van der Waals surface area contributed by atoms with Crippen molar-refractivity contribution in [1.82, 2.24) is 0 Å². The predicted octanol–water partition coefficient (Wildman–Crippen LogP) is 1.96. The van der Waals surface area contributed by atoms with Crippen LogP contribution in [0, 0.1) is 23.2 Å². The van der Waals surface area contributed by atoms with Crippen molar-refractivity contribution in [1.29, 1.82) is 5.26 Å². The number of hydrogen-bond acceptors (Lipinski definition) is 2. The third-order valence-corrected chi connectivity index (χ3v) is 2.24. The number of rotatable bonds is 1. The first-order chi connectivity index (χ1) is 5.24. The Morgan fingerprint density at radius 3 is 2.82 bits per heavy atom. The molecule has 0 aromatic carbocycles. The van der Waals surface area contributed by atoms with Gasteiger partial charge in [-0.25, -0.2) is 0 Å². The number of hydrogen-bond donors (Lipinski definition) is 0. The van der Waals surface area contributed by atoms with Gasteiger partial charge in [-0.1, -0.05) is 13.8 Å². The summed E-state index contributed by atoms with van der Waals surface area (Å²) in [5, 5.41) is 8.69. The van der Waals surface area contributed by atoms with Gasteiger partial charge in [-0.05, 0) is 18.8 Å². The zero-order valence-corrected chi connectivity index (χ0v) is 7.21. The van der Waals surface area contributed by atoms with Gasteiger partial charge in [-0.3, -0.25) is 0 Å². The molecule has 0 bridgehead atoms. The Labute approximate surface area is 68.2 Å². The predicted molar refractivity (Wildman–Crippen MR) is 42.9 cm³/mol. The minimum absolute atomic E-state index is 0.233. The van der Waals surface area contributed by atoms with Crippen molar-refractivity contribution in [3.8, 4) is 6.07 Å². The molecule has 0 radical (unpaired) electrons. The van der Waals surface area contributed by atoms with Gasteiger partial charge in [0.25, 0.3) is 0 Å². The molecule has 1 aliphatic heterocycles. The zero-order valence-electron chi connectivity index (χ0n) is 7.21. The first kappa shape index (κ1) is 8.55. The highest BCUT2D eigenvalue weighted by atomic mass is 16.5. The van der Waals surface area contributed by atoms with Crippen LogP contribution < -0.4 is 0 Å². The molecule has 1 heterocycles. The van der Waals surface area contributed by atoms with E-state index < -0.39 is 0 Å². The average molecular weight is 153 g/mol. The Morgan fingerprint density at radius 2 is 2.27 bits per heavy atom. The summed E-state index contributed by atoms with van der Waals surface area (Å²) in [7, 11) is 0. The van der Waals surface area contributed by atoms with E-state index in [2.05, 4.69) is 19.9 Å². The van der Waals surface area contributed by atoms with Crippen molar-refractivity contribution in [3.63, 3.8) is 0 Å². The van der Waals surface area contributed by atoms with Gasteiger partial charge in [-0.2, -0.15) is 5.26 Å². The molecule has 0 saturated carbocycles. The highest BCUT2D eigenvalue weighted by Gasteiger charge is 2.24. The largest absolute Gasteiger partial charge is 0.378 e. The molecule has 0 N–H and O–H groups in total. The van der Waals surface area contributed by atoms with Crippen LogP contribution in [0.1, 0.15) is 26.7 Å². The van der Waals surface area contributed by atoms with Gasteiger partial charge < -0.3 is 4.74 Å². The van der Waals surface area contributed by atoms with E-state index in [1.165, 1.54) is 0 Å². The quantitative estimate of drug-likeness (QED) is 0.577. The Bertz CT molecular complexity index is 159. The third-order valence-electron chi connectivity index (χ3n) is 2.24. The van der Waals surface area contributed by atoms with Gasteiger partial charge in [0.2, 0.25) is 0 Å². The van der Waals surface area contributed by atoms with E-state index in [4.69, 9.17) is 10.00 Å². The van der Waals surface area contributed by atoms with Crippen LogP contribution in [0.4, 0.5) is 0 Å². The summed E-state index contributed by atoms with van der Waals surface area (Å²) < 4.78 is 5.52. The van der Waals surface area contributed by atoms with Crippen LogP contribution in [0.3, 0.4) is 0 Å². The van der Waals surface area contributed by atoms with E-state index in [0.29, 0.717) is 12.0 Å². The second kappa shape index (κ2) is 3.73. The number of nitriles is 1. The van der Waals surface area contributed by atoms with Crippen molar-refractivity contribution < 1.29 is 4.74 Å². The lowest BCUT2D eigenvalue weighted by Gasteiger charge is -2.28. The van der Waals surface area contributed by atoms with Crippen LogP contribution in [0.25, 0.3) is 0 Å². The SMILES string of the molecule is CC(C)[C@H]1C[C@@H](C#N)CCO1. The highest BCUT2D eigenvalue weighted by Crippen LogP contribution is 2.23. The van der Waals surface area contributed by atoms with Crippen LogP contribution in [-0.2, 0) is 4.74 Å². The molecular weight excluding hydrogens is 138 g/mol. The van der Waals surface area contributed by atoms with Crippen LogP contribution in [0.5, 0.6) is 0 Å². The molecule has 0 spiro atoms. The minimum atomic E-state index is 0.233. The maximum Gasteiger partial charge on any atom is 0.0657 e. The monoisotopic (exact) mass is 153 g/mol. The summed E-state index contributed by atoms with van der Waals surface area (Å²) in [6.07, 6.45) is 2.15. The fourth-order valence-electron chi connectivity index (χ4n) is 1.41. The van der Waals surface area contributed by atoms with Crippen molar-refractivity contribution in [3.05, 3.63) is 0 Å². The van der Waals surface area contributed by atoms with E-state index in [-0.39, 0.29) is 5.92 Å². The second-order valence-corrected chi connectivity index (χ2v) is 3.50. The lowest BCUT2D eigenvalue weighted by atomic mass is 9.91. The fourth-order valence-corrected chi connectivity index (χ4v) is 1.41. The Kier molecular flexibility index (Phi) is 2.90. The minimum Gasteiger partial charge on any atom is -0.378 e. The highest BCUT2D eigenvalue weighted by molar-refractivity contribution is 4.87. The lowest BCUT2D eigenvalue weighted by Crippen LogP contribution is -2.29. The molecule has 1 fully saturated rings. The van der Waals surface area contributed by atoms with Crippen molar-refractivity contribution >= 4 is 0 Å². The molecule has 0 aromatic heterocycles. The van der Waals surface area contributed by atoms with Crippen molar-refractivity contribution in [2.75, 3.05) is 6.61 Å². The summed E-state index contributed by atoms with van der Waals surface area (Å²) in [5.74, 6) is 0.780. The Balaban J connectivity index is 2.41. The number of nitrogens with zero attached hydrogens (tertiary/aromatic N) is 1. The average Bonchev–Trinajstić information content (AvgIpc) is 2.05. The van der Waals surface area contributed by atoms with E-state index in [9.17, 15) is 0 Å². The van der Waals surface area contributed by atoms with Crippen LogP contribution >= 0.6 is 0 Å². The molecule has 1 aliphatic rings. The standard InChI is InChI=1S/C9H15NO/c1-7(2)9-5-8(6-10)3-4-11-9/h7-9H,3-5H2,1-2H3/t8-,9+/m0/s1. The topological polar surface area (TPSA) is 33.0 Å². The molecule has 0 aliphatic carbocycles. The molecule has 1 saturated heterocycles. The molecule has 0 unspecified atom stereocenters. The van der Waals surface area contributed by atoms with Crippen molar-refractivity contribution in [2.24, 2.45) is 11.8 Å². The van der Waals surface area contributed by atoms with Gasteiger partial charge in [0.15, 0.2) is 0 Å². The number of ether oxygens (including phenoxy) is 1. The van der Waals surface area contributed by atoms with Gasteiger partial charge >= 0.3 is 0 Å². The zero-order chi connectivity index (χ0) is 8.27. The first-order valence-corrected chi connectivity index (χ1v) is 4.25. The van der Waals surface area contributed by atoms with Gasteiger partial charge in [0.05, 0.1) is 18.1 Å². The smallest absolute Gasteiger partial charge is 0.0657 e. The fraction of sp³-hybridized carbons (Fsp3) is 0.889. The normalized spacial score (nSPS) is 31.8. The molecule has 0 amide bonds. The molecule has 2 heteroatoms. The van der Waals surface area contributed by atoms with E-state index in [1.54, 1.807) is 0 Å². The van der Waals surface area contributed by atoms with E-state index in [1.807, 2.05) is 0 Å². The van der Waals surface area contributed by atoms with Crippen LogP contribution in [0.2, 0.25) is 0 Å². The Morgan fingerprint density at radius 1 is 1.55 bits per heavy atom. The summed E-state index contributed by atoms with van der Waals surface area (Å²) in [4.78, 5) is 0. The van der Waals surface area contributed by atoms with Gasteiger partial charge in [0.1, 0.15) is 0 Å². The van der Waals surface area contributed by atoms with Crippen molar-refractivity contribution in [2.45, 2.75) is 32.8 Å².